The van der Waals surface area contributed by atoms with Crippen LogP contribution >= 0.6 is 0 Å². The summed E-state index contributed by atoms with van der Waals surface area (Å²) in [4.78, 5) is 11.4. The van der Waals surface area contributed by atoms with Crippen LogP contribution in [0.15, 0.2) is 12.4 Å². The molecule has 0 aliphatic carbocycles. The molecule has 1 aromatic rings. The second kappa shape index (κ2) is 6.51. The zero-order valence-corrected chi connectivity index (χ0v) is 10.6. The molecule has 1 amide bonds. The average Bonchev–Trinajstić information content (AvgIpc) is 2.99. The molecule has 0 spiro atoms. The third-order valence-corrected chi connectivity index (χ3v) is 2.77. The molecule has 1 aliphatic heterocycles. The van der Waals surface area contributed by atoms with Gasteiger partial charge in [-0.1, -0.05) is 0 Å². The maximum atomic E-state index is 11.4. The number of nitrogens with one attached hydrogen (secondary N) is 1. The highest BCUT2D eigenvalue weighted by Crippen LogP contribution is 2.14. The van der Waals surface area contributed by atoms with Gasteiger partial charge >= 0.3 is 0 Å². The molecule has 1 fully saturated rings. The molecule has 18 heavy (non-hydrogen) atoms. The van der Waals surface area contributed by atoms with Gasteiger partial charge in [-0.25, -0.2) is 0 Å². The minimum Gasteiger partial charge on any atom is -0.376 e. The van der Waals surface area contributed by atoms with Gasteiger partial charge in [0.2, 0.25) is 5.91 Å². The van der Waals surface area contributed by atoms with Crippen LogP contribution in [0.2, 0.25) is 0 Å². The number of hydrogen-bond acceptors (Lipinski definition) is 4. The van der Waals surface area contributed by atoms with Crippen LogP contribution in [0.1, 0.15) is 19.8 Å². The van der Waals surface area contributed by atoms with E-state index in [1.165, 1.54) is 0 Å². The highest BCUT2D eigenvalue weighted by Gasteiger charge is 2.16. The normalized spacial score (nSPS) is 19.1. The molecule has 1 unspecified atom stereocenters. The van der Waals surface area contributed by atoms with E-state index in [-0.39, 0.29) is 18.6 Å². The first-order chi connectivity index (χ1) is 8.78. The summed E-state index contributed by atoms with van der Waals surface area (Å²) in [5.74, 6) is -0.159. The molecule has 0 aromatic carbocycles. The summed E-state index contributed by atoms with van der Waals surface area (Å²) in [5, 5.41) is 6.93. The topological polar surface area (TPSA) is 65.4 Å². The first-order valence-electron chi connectivity index (χ1n) is 6.29. The van der Waals surface area contributed by atoms with Gasteiger partial charge in [-0.05, 0) is 19.8 Å². The van der Waals surface area contributed by atoms with Gasteiger partial charge < -0.3 is 14.8 Å². The number of carbonyl (C=O) groups is 1. The van der Waals surface area contributed by atoms with Gasteiger partial charge in [-0.2, -0.15) is 5.10 Å². The van der Waals surface area contributed by atoms with E-state index in [9.17, 15) is 4.79 Å². The molecule has 1 N–H and O–H groups in total. The number of anilines is 1. The van der Waals surface area contributed by atoms with Crippen molar-refractivity contribution in [2.24, 2.45) is 0 Å². The molecule has 100 valence electrons. The van der Waals surface area contributed by atoms with Gasteiger partial charge in [0, 0.05) is 19.4 Å². The fourth-order valence-corrected chi connectivity index (χ4v) is 1.92. The molecule has 0 saturated carbocycles. The summed E-state index contributed by atoms with van der Waals surface area (Å²) >= 11 is 0. The number of carbonyl (C=O) groups excluding carboxylic acids is 1. The van der Waals surface area contributed by atoms with Crippen molar-refractivity contribution in [1.29, 1.82) is 0 Å². The second-order valence-electron chi connectivity index (χ2n) is 4.27. The van der Waals surface area contributed by atoms with E-state index in [0.29, 0.717) is 12.3 Å². The van der Waals surface area contributed by atoms with Crippen molar-refractivity contribution in [2.75, 3.05) is 25.1 Å². The van der Waals surface area contributed by atoms with E-state index in [1.807, 2.05) is 13.1 Å². The molecule has 1 atom stereocenters. The molecule has 1 saturated heterocycles. The lowest BCUT2D eigenvalue weighted by molar-refractivity contribution is -0.120. The first-order valence-corrected chi connectivity index (χ1v) is 6.29. The van der Waals surface area contributed by atoms with Gasteiger partial charge in [0.1, 0.15) is 6.61 Å². The zero-order chi connectivity index (χ0) is 12.8. The Labute approximate surface area is 106 Å². The molecular weight excluding hydrogens is 234 g/mol. The number of aromatic nitrogens is 2. The van der Waals surface area contributed by atoms with E-state index < -0.39 is 0 Å². The quantitative estimate of drug-likeness (QED) is 0.822. The van der Waals surface area contributed by atoms with Crippen LogP contribution in [0.4, 0.5) is 5.69 Å². The Balaban J connectivity index is 1.79. The lowest BCUT2D eigenvalue weighted by Crippen LogP contribution is -2.18. The first kappa shape index (κ1) is 13.0. The lowest BCUT2D eigenvalue weighted by Gasteiger charge is -2.08. The summed E-state index contributed by atoms with van der Waals surface area (Å²) < 4.78 is 12.4. The summed E-state index contributed by atoms with van der Waals surface area (Å²) in [5.41, 5.74) is 0.692. The maximum Gasteiger partial charge on any atom is 0.250 e. The Morgan fingerprint density at radius 1 is 1.72 bits per heavy atom. The molecule has 0 bridgehead atoms. The molecule has 1 aliphatic rings. The molecular formula is C12H19N3O3. The van der Waals surface area contributed by atoms with Gasteiger partial charge in [0.05, 0.1) is 24.5 Å². The van der Waals surface area contributed by atoms with Crippen LogP contribution in [-0.4, -0.2) is 41.6 Å². The largest absolute Gasteiger partial charge is 0.376 e. The second-order valence-corrected chi connectivity index (χ2v) is 4.27. The van der Waals surface area contributed by atoms with Crippen LogP contribution in [-0.2, 0) is 20.8 Å². The Kier molecular flexibility index (Phi) is 4.72. The van der Waals surface area contributed by atoms with Gasteiger partial charge in [0.25, 0.3) is 0 Å². The summed E-state index contributed by atoms with van der Waals surface area (Å²) in [7, 11) is 0. The lowest BCUT2D eigenvalue weighted by atomic mass is 10.2. The van der Waals surface area contributed by atoms with Crippen LogP contribution in [0.25, 0.3) is 0 Å². The van der Waals surface area contributed by atoms with Crippen molar-refractivity contribution in [3.8, 4) is 0 Å². The Hall–Kier alpha value is -1.40. The number of hydrogen-bond donors (Lipinski definition) is 1. The molecule has 6 heteroatoms. The number of rotatable bonds is 6. The number of amides is 1. The summed E-state index contributed by atoms with van der Waals surface area (Å²) in [6.07, 6.45) is 5.89. The molecule has 1 aromatic heterocycles. The van der Waals surface area contributed by atoms with Crippen molar-refractivity contribution in [2.45, 2.75) is 32.4 Å². The minimum atomic E-state index is -0.159. The molecule has 6 nitrogen and oxygen atoms in total. The van der Waals surface area contributed by atoms with Crippen molar-refractivity contribution < 1.29 is 14.3 Å². The highest BCUT2D eigenvalue weighted by molar-refractivity contribution is 5.91. The Bertz CT molecular complexity index is 386. The van der Waals surface area contributed by atoms with Crippen molar-refractivity contribution >= 4 is 11.6 Å². The van der Waals surface area contributed by atoms with E-state index in [4.69, 9.17) is 9.47 Å². The van der Waals surface area contributed by atoms with Crippen LogP contribution < -0.4 is 5.32 Å². The minimum absolute atomic E-state index is 0.0768. The van der Waals surface area contributed by atoms with E-state index in [1.54, 1.807) is 10.9 Å². The third-order valence-electron chi connectivity index (χ3n) is 2.77. The summed E-state index contributed by atoms with van der Waals surface area (Å²) in [6, 6.07) is 0. The Morgan fingerprint density at radius 3 is 3.33 bits per heavy atom. The fraction of sp³-hybridized carbons (Fsp3) is 0.667. The summed E-state index contributed by atoms with van der Waals surface area (Å²) in [6.45, 7) is 4.04. The smallest absolute Gasteiger partial charge is 0.250 e. The Morgan fingerprint density at radius 2 is 2.61 bits per heavy atom. The van der Waals surface area contributed by atoms with Crippen LogP contribution in [0.5, 0.6) is 0 Å². The van der Waals surface area contributed by atoms with Gasteiger partial charge in [-0.15, -0.1) is 0 Å². The number of ether oxygens (including phenoxy) is 2. The zero-order valence-electron chi connectivity index (χ0n) is 10.6. The van der Waals surface area contributed by atoms with Crippen molar-refractivity contribution in [1.82, 2.24) is 9.78 Å². The van der Waals surface area contributed by atoms with E-state index in [2.05, 4.69) is 10.4 Å². The van der Waals surface area contributed by atoms with E-state index in [0.717, 1.165) is 26.0 Å². The predicted molar refractivity (Wildman–Crippen MR) is 66.3 cm³/mol. The van der Waals surface area contributed by atoms with Crippen LogP contribution in [0.3, 0.4) is 0 Å². The fourth-order valence-electron chi connectivity index (χ4n) is 1.92. The maximum absolute atomic E-state index is 11.4. The molecule has 0 radical (unpaired) electrons. The highest BCUT2D eigenvalue weighted by atomic mass is 16.5. The van der Waals surface area contributed by atoms with Gasteiger partial charge in [-0.3, -0.25) is 9.48 Å². The molecule has 2 heterocycles. The predicted octanol–water partition coefficient (Wildman–Crippen LogP) is 1.04. The van der Waals surface area contributed by atoms with Crippen molar-refractivity contribution in [3.63, 3.8) is 0 Å². The molecule has 2 rings (SSSR count). The third kappa shape index (κ3) is 3.82. The van der Waals surface area contributed by atoms with Crippen LogP contribution in [0, 0.1) is 0 Å². The number of nitrogens with zero attached hydrogens (tertiary/aromatic N) is 2. The van der Waals surface area contributed by atoms with Crippen molar-refractivity contribution in [3.05, 3.63) is 12.4 Å². The van der Waals surface area contributed by atoms with E-state index >= 15 is 0 Å². The monoisotopic (exact) mass is 253 g/mol. The standard InChI is InChI=1S/C12H19N3O3/c1-2-17-9-12(16)14-10-6-13-15(7-10)8-11-4-3-5-18-11/h6-7,11H,2-5,8-9H2,1H3,(H,14,16). The van der Waals surface area contributed by atoms with Gasteiger partial charge in [0.15, 0.2) is 0 Å². The average molecular weight is 253 g/mol. The SMILES string of the molecule is CCOCC(=O)Nc1cnn(CC2CCCO2)c1.